The van der Waals surface area contributed by atoms with Crippen molar-refractivity contribution in [3.8, 4) is 5.69 Å². The van der Waals surface area contributed by atoms with Crippen LogP contribution in [0.15, 0.2) is 47.4 Å². The fourth-order valence-electron chi connectivity index (χ4n) is 5.80. The molecule has 2 fully saturated rings. The number of aromatic nitrogens is 4. The molecule has 0 radical (unpaired) electrons. The van der Waals surface area contributed by atoms with Crippen molar-refractivity contribution in [3.05, 3.63) is 65.2 Å². The van der Waals surface area contributed by atoms with E-state index >= 15 is 0 Å². The fourth-order valence-corrected chi connectivity index (χ4v) is 6.47. The minimum Gasteiger partial charge on any atom is -0.469 e. The molecule has 1 aliphatic heterocycles. The van der Waals surface area contributed by atoms with Crippen LogP contribution in [0.4, 0.5) is 17.6 Å². The number of thioether (sulfide) groups is 1. The molecule has 1 aliphatic carbocycles. The molecule has 2 aliphatic rings. The maximum absolute atomic E-state index is 13.7. The number of carbonyl (C=O) groups is 1. The second-order valence-corrected chi connectivity index (χ2v) is 10.2. The zero-order chi connectivity index (χ0) is 26.4. The second-order valence-electron chi connectivity index (χ2n) is 9.31. The van der Waals surface area contributed by atoms with Gasteiger partial charge in [0.25, 0.3) is 5.82 Å². The molecule has 0 N–H and O–H groups in total. The number of ether oxygens (including phenoxy) is 2. The molecule has 1 saturated carbocycles. The number of tetrazole rings is 1. The Labute approximate surface area is 214 Å². The highest BCUT2D eigenvalue weighted by molar-refractivity contribution is 7.98. The summed E-state index contributed by atoms with van der Waals surface area (Å²) in [4.78, 5) is 13.6. The van der Waals surface area contributed by atoms with Crippen molar-refractivity contribution in [2.45, 2.75) is 47.8 Å². The summed E-state index contributed by atoms with van der Waals surface area (Å²) in [7, 11) is 1.35. The van der Waals surface area contributed by atoms with Crippen LogP contribution >= 0.6 is 11.8 Å². The van der Waals surface area contributed by atoms with E-state index in [1.165, 1.54) is 31.0 Å². The van der Waals surface area contributed by atoms with Crippen LogP contribution in [0.5, 0.6) is 0 Å². The maximum Gasteiger partial charge on any atom is 0.453 e. The van der Waals surface area contributed by atoms with E-state index in [1.54, 1.807) is 30.3 Å². The van der Waals surface area contributed by atoms with E-state index in [0.717, 1.165) is 16.0 Å². The number of carbonyl (C=O) groups excluding carboxylic acids is 1. The van der Waals surface area contributed by atoms with E-state index in [0.29, 0.717) is 30.6 Å². The lowest BCUT2D eigenvalue weighted by molar-refractivity contribution is -0.147. The third-order valence-corrected chi connectivity index (χ3v) is 8.18. The maximum atomic E-state index is 13.7. The van der Waals surface area contributed by atoms with Gasteiger partial charge in [0.15, 0.2) is 0 Å². The van der Waals surface area contributed by atoms with Gasteiger partial charge in [-0.2, -0.15) is 17.9 Å². The van der Waals surface area contributed by atoms with Crippen molar-refractivity contribution in [2.75, 3.05) is 20.0 Å². The molecule has 1 aromatic heterocycles. The van der Waals surface area contributed by atoms with E-state index < -0.39 is 23.5 Å². The number of hydrogen-bond acceptors (Lipinski definition) is 7. The van der Waals surface area contributed by atoms with Crippen LogP contribution in [0.25, 0.3) is 5.69 Å². The molecule has 12 heteroatoms. The second kappa shape index (κ2) is 9.71. The molecule has 0 unspecified atom stereocenters. The minimum absolute atomic E-state index is 0.146. The van der Waals surface area contributed by atoms with Gasteiger partial charge in [-0.05, 0) is 77.4 Å². The van der Waals surface area contributed by atoms with Gasteiger partial charge >= 0.3 is 12.1 Å². The van der Waals surface area contributed by atoms with Crippen molar-refractivity contribution in [2.24, 2.45) is 5.92 Å². The Morgan fingerprint density at radius 3 is 2.65 bits per heavy atom. The number of hydrogen-bond donors (Lipinski definition) is 0. The quantitative estimate of drug-likeness (QED) is 0.254. The van der Waals surface area contributed by atoms with E-state index in [4.69, 9.17) is 9.47 Å². The highest BCUT2D eigenvalue weighted by Crippen LogP contribution is 2.57. The van der Waals surface area contributed by atoms with Crippen LogP contribution in [0.1, 0.15) is 48.0 Å². The molecule has 2 aromatic carbocycles. The molecular weight excluding hydrogens is 512 g/mol. The summed E-state index contributed by atoms with van der Waals surface area (Å²) < 4.78 is 66.2. The van der Waals surface area contributed by atoms with Gasteiger partial charge in [0.05, 0.1) is 30.9 Å². The zero-order valence-corrected chi connectivity index (χ0v) is 20.9. The summed E-state index contributed by atoms with van der Waals surface area (Å²) in [6, 6.07) is 11.0. The van der Waals surface area contributed by atoms with Gasteiger partial charge in [-0.3, -0.25) is 4.79 Å². The van der Waals surface area contributed by atoms with Gasteiger partial charge in [-0.15, -0.1) is 16.9 Å². The predicted molar refractivity (Wildman–Crippen MR) is 126 cm³/mol. The van der Waals surface area contributed by atoms with Gasteiger partial charge in [-0.1, -0.05) is 12.1 Å². The summed E-state index contributed by atoms with van der Waals surface area (Å²) in [5.41, 5.74) is 1.11. The molecule has 7 nitrogen and oxygen atoms in total. The number of rotatable bonds is 5. The molecule has 0 bridgehead atoms. The number of methoxy groups -OCH3 is 1. The Morgan fingerprint density at radius 1 is 1.22 bits per heavy atom. The highest BCUT2D eigenvalue weighted by atomic mass is 32.2. The topological polar surface area (TPSA) is 79.1 Å². The fraction of sp³-hybridized carbons (Fsp3) is 0.440. The van der Waals surface area contributed by atoms with Crippen LogP contribution < -0.4 is 0 Å². The standard InChI is InChI=1S/C25H24F4N4O3S/c1-35-22(34)18-9-10-24(21(18)14-3-5-16(26)6-4-14)12-15(13-36-24)19-11-17(7-8-20(19)37-2)33-23(25(27,28)29)30-31-32-33/h3-8,11,15,18,21H,9-10,12-13H2,1-2H3/t15-,18-,21+,24+/m0/s1. The van der Waals surface area contributed by atoms with E-state index in [2.05, 4.69) is 15.5 Å². The SMILES string of the molecule is COC(=O)[C@H]1CC[C@@]2(C[C@H](c3cc(-n4nnnc4C(F)(F)F)ccc3SC)CO2)[C@@H]1c1ccc(F)cc1. The molecule has 1 spiro atoms. The molecule has 196 valence electrons. The monoisotopic (exact) mass is 536 g/mol. The lowest BCUT2D eigenvalue weighted by Crippen LogP contribution is -2.35. The molecule has 4 atom stereocenters. The zero-order valence-electron chi connectivity index (χ0n) is 20.0. The Kier molecular flexibility index (Phi) is 6.73. The molecule has 0 amide bonds. The molecule has 1 saturated heterocycles. The summed E-state index contributed by atoms with van der Waals surface area (Å²) in [5.74, 6) is -2.87. The van der Waals surface area contributed by atoms with E-state index in [1.807, 2.05) is 6.26 Å². The van der Waals surface area contributed by atoms with E-state index in [-0.39, 0.29) is 29.3 Å². The van der Waals surface area contributed by atoms with Gasteiger partial charge in [0.2, 0.25) is 0 Å². The number of halogens is 4. The molecule has 37 heavy (non-hydrogen) atoms. The van der Waals surface area contributed by atoms with Crippen molar-refractivity contribution in [1.82, 2.24) is 20.2 Å². The third kappa shape index (κ3) is 4.61. The molecule has 3 aromatic rings. The van der Waals surface area contributed by atoms with Crippen LogP contribution in [0.2, 0.25) is 0 Å². The van der Waals surface area contributed by atoms with Gasteiger partial charge < -0.3 is 9.47 Å². The number of esters is 1. The average molecular weight is 537 g/mol. The first-order valence-corrected chi connectivity index (χ1v) is 12.9. The van der Waals surface area contributed by atoms with Gasteiger partial charge in [-0.25, -0.2) is 4.39 Å². The normalized spacial score (nSPS) is 25.6. The van der Waals surface area contributed by atoms with E-state index in [9.17, 15) is 22.4 Å². The highest BCUT2D eigenvalue weighted by Gasteiger charge is 2.56. The molecule has 2 heterocycles. The first kappa shape index (κ1) is 25.7. The summed E-state index contributed by atoms with van der Waals surface area (Å²) in [6.45, 7) is 0.324. The summed E-state index contributed by atoms with van der Waals surface area (Å²) >= 11 is 1.48. The van der Waals surface area contributed by atoms with Gasteiger partial charge in [0.1, 0.15) is 5.82 Å². The number of nitrogens with zero attached hydrogens (tertiary/aromatic N) is 4. The Morgan fingerprint density at radius 2 is 1.97 bits per heavy atom. The smallest absolute Gasteiger partial charge is 0.453 e. The van der Waals surface area contributed by atoms with Crippen LogP contribution in [0.3, 0.4) is 0 Å². The largest absolute Gasteiger partial charge is 0.469 e. The molecular formula is C25H24F4N4O3S. The van der Waals surface area contributed by atoms with Crippen molar-refractivity contribution < 1.29 is 31.8 Å². The summed E-state index contributed by atoms with van der Waals surface area (Å²) in [6.07, 6.45) is -1.12. The lowest BCUT2D eigenvalue weighted by atomic mass is 9.76. The third-order valence-electron chi connectivity index (χ3n) is 7.37. The predicted octanol–water partition coefficient (Wildman–Crippen LogP) is 5.15. The Hall–Kier alpha value is -2.99. The van der Waals surface area contributed by atoms with Crippen LogP contribution in [-0.4, -0.2) is 51.8 Å². The Balaban J connectivity index is 1.51. The summed E-state index contributed by atoms with van der Waals surface area (Å²) in [5, 5.41) is 9.93. The van der Waals surface area contributed by atoms with Crippen molar-refractivity contribution >= 4 is 17.7 Å². The number of alkyl halides is 3. The van der Waals surface area contributed by atoms with Crippen LogP contribution in [-0.2, 0) is 20.4 Å². The molecule has 5 rings (SSSR count). The van der Waals surface area contributed by atoms with Crippen molar-refractivity contribution in [3.63, 3.8) is 0 Å². The van der Waals surface area contributed by atoms with Crippen LogP contribution in [0, 0.1) is 11.7 Å². The average Bonchev–Trinajstić information content (AvgIpc) is 3.63. The van der Waals surface area contributed by atoms with Crippen molar-refractivity contribution in [1.29, 1.82) is 0 Å². The first-order valence-electron chi connectivity index (χ1n) is 11.7. The minimum atomic E-state index is -4.71. The van der Waals surface area contributed by atoms with Gasteiger partial charge in [0, 0.05) is 16.7 Å². The first-order chi connectivity index (χ1) is 17.7. The Bertz CT molecular complexity index is 1300. The number of benzene rings is 2. The lowest BCUT2D eigenvalue weighted by Gasteiger charge is -2.33.